The lowest BCUT2D eigenvalue weighted by atomic mass is 10.1. The number of nitrogens with one attached hydrogen (secondary N) is 1. The Hall–Kier alpha value is -2.66. The molecule has 132 valence electrons. The molecule has 0 saturated carbocycles. The molecule has 25 heavy (non-hydrogen) atoms. The van der Waals surface area contributed by atoms with Crippen LogP contribution in [0.2, 0.25) is 5.02 Å². The predicted molar refractivity (Wildman–Crippen MR) is 98.4 cm³/mol. The molecule has 0 radical (unpaired) electrons. The van der Waals surface area contributed by atoms with Crippen molar-refractivity contribution in [2.75, 3.05) is 21.3 Å². The molecule has 0 heterocycles. The largest absolute Gasteiger partial charge is 0.493 e. The summed E-state index contributed by atoms with van der Waals surface area (Å²) in [6.45, 7) is 0.359. The first kappa shape index (κ1) is 18.7. The second-order valence-electron chi connectivity index (χ2n) is 5.10. The Morgan fingerprint density at radius 3 is 2.28 bits per heavy atom. The lowest BCUT2D eigenvalue weighted by molar-refractivity contribution is -0.116. The van der Waals surface area contributed by atoms with E-state index in [0.717, 1.165) is 11.1 Å². The van der Waals surface area contributed by atoms with Gasteiger partial charge in [0.25, 0.3) is 0 Å². The molecule has 0 aromatic heterocycles. The van der Waals surface area contributed by atoms with Gasteiger partial charge in [0.05, 0.1) is 21.3 Å². The third kappa shape index (κ3) is 4.90. The maximum absolute atomic E-state index is 12.0. The molecule has 0 aliphatic rings. The van der Waals surface area contributed by atoms with E-state index in [1.165, 1.54) is 13.2 Å². The Kier molecular flexibility index (Phi) is 6.71. The highest BCUT2D eigenvalue weighted by Crippen LogP contribution is 2.38. The molecule has 0 saturated heterocycles. The minimum atomic E-state index is -0.228. The van der Waals surface area contributed by atoms with E-state index in [0.29, 0.717) is 28.8 Å². The van der Waals surface area contributed by atoms with Crippen LogP contribution in [-0.4, -0.2) is 27.2 Å². The van der Waals surface area contributed by atoms with Crippen molar-refractivity contribution in [3.63, 3.8) is 0 Å². The van der Waals surface area contributed by atoms with Gasteiger partial charge in [-0.1, -0.05) is 29.8 Å². The molecular formula is C19H20ClNO4. The fourth-order valence-corrected chi connectivity index (χ4v) is 2.46. The molecule has 5 nitrogen and oxygen atoms in total. The Labute approximate surface area is 152 Å². The van der Waals surface area contributed by atoms with Crippen LogP contribution in [0.1, 0.15) is 11.1 Å². The molecule has 0 atom stereocenters. The molecule has 0 aliphatic carbocycles. The number of carbonyl (C=O) groups is 1. The van der Waals surface area contributed by atoms with Crippen molar-refractivity contribution in [3.05, 3.63) is 58.6 Å². The fraction of sp³-hybridized carbons (Fsp3) is 0.211. The summed E-state index contributed by atoms with van der Waals surface area (Å²) in [5.41, 5.74) is 1.61. The van der Waals surface area contributed by atoms with Crippen molar-refractivity contribution in [1.29, 1.82) is 0 Å². The minimum absolute atomic E-state index is 0.228. The summed E-state index contributed by atoms with van der Waals surface area (Å²) in [5.74, 6) is 1.33. The summed E-state index contributed by atoms with van der Waals surface area (Å²) in [4.78, 5) is 12.0. The van der Waals surface area contributed by atoms with Crippen molar-refractivity contribution in [2.45, 2.75) is 6.54 Å². The van der Waals surface area contributed by atoms with Crippen LogP contribution in [0.15, 0.2) is 42.5 Å². The number of ether oxygens (including phenoxy) is 3. The van der Waals surface area contributed by atoms with Crippen molar-refractivity contribution in [1.82, 2.24) is 5.32 Å². The quantitative estimate of drug-likeness (QED) is 0.764. The van der Waals surface area contributed by atoms with Gasteiger partial charge in [0.1, 0.15) is 0 Å². The summed E-state index contributed by atoms with van der Waals surface area (Å²) in [5, 5.41) is 3.41. The number of hydrogen-bond donors (Lipinski definition) is 1. The zero-order chi connectivity index (χ0) is 18.2. The second-order valence-corrected chi connectivity index (χ2v) is 5.51. The van der Waals surface area contributed by atoms with Gasteiger partial charge in [0.15, 0.2) is 11.5 Å². The van der Waals surface area contributed by atoms with E-state index >= 15 is 0 Å². The van der Waals surface area contributed by atoms with Gasteiger partial charge >= 0.3 is 0 Å². The van der Waals surface area contributed by atoms with Crippen LogP contribution in [-0.2, 0) is 11.3 Å². The minimum Gasteiger partial charge on any atom is -0.493 e. The van der Waals surface area contributed by atoms with Gasteiger partial charge in [-0.05, 0) is 35.4 Å². The van der Waals surface area contributed by atoms with Gasteiger partial charge in [-0.3, -0.25) is 4.79 Å². The third-order valence-electron chi connectivity index (χ3n) is 3.53. The highest BCUT2D eigenvalue weighted by atomic mass is 35.5. The van der Waals surface area contributed by atoms with E-state index in [4.69, 9.17) is 25.8 Å². The fourth-order valence-electron chi connectivity index (χ4n) is 2.25. The van der Waals surface area contributed by atoms with Crippen LogP contribution in [0.5, 0.6) is 17.2 Å². The maximum atomic E-state index is 12.0. The zero-order valence-electron chi connectivity index (χ0n) is 14.3. The molecule has 2 aromatic carbocycles. The third-order valence-corrected chi connectivity index (χ3v) is 3.89. The molecule has 0 spiro atoms. The van der Waals surface area contributed by atoms with Gasteiger partial charge in [-0.15, -0.1) is 0 Å². The lowest BCUT2D eigenvalue weighted by Gasteiger charge is -2.12. The van der Waals surface area contributed by atoms with E-state index in [2.05, 4.69) is 5.32 Å². The first-order valence-electron chi connectivity index (χ1n) is 7.58. The number of carbonyl (C=O) groups excluding carboxylic acids is 1. The Morgan fingerprint density at radius 2 is 1.72 bits per heavy atom. The van der Waals surface area contributed by atoms with E-state index in [1.54, 1.807) is 38.5 Å². The molecular weight excluding hydrogens is 342 g/mol. The molecule has 2 aromatic rings. The van der Waals surface area contributed by atoms with E-state index in [-0.39, 0.29) is 5.91 Å². The van der Waals surface area contributed by atoms with E-state index in [9.17, 15) is 4.79 Å². The zero-order valence-corrected chi connectivity index (χ0v) is 15.1. The molecule has 0 unspecified atom stereocenters. The van der Waals surface area contributed by atoms with Crippen molar-refractivity contribution >= 4 is 23.6 Å². The predicted octanol–water partition coefficient (Wildman–Crippen LogP) is 3.70. The number of benzene rings is 2. The van der Waals surface area contributed by atoms with Crippen LogP contribution in [0.25, 0.3) is 6.08 Å². The monoisotopic (exact) mass is 361 g/mol. The Balaban J connectivity index is 2.08. The smallest absolute Gasteiger partial charge is 0.244 e. The van der Waals surface area contributed by atoms with Gasteiger partial charge < -0.3 is 19.5 Å². The summed E-state index contributed by atoms with van der Waals surface area (Å²) >= 11 is 6.07. The number of halogens is 1. The van der Waals surface area contributed by atoms with Gasteiger partial charge in [-0.25, -0.2) is 0 Å². The second kappa shape index (κ2) is 8.99. The topological polar surface area (TPSA) is 56.8 Å². The molecule has 0 bridgehead atoms. The molecule has 0 fully saturated rings. The van der Waals surface area contributed by atoms with Gasteiger partial charge in [0.2, 0.25) is 11.7 Å². The van der Waals surface area contributed by atoms with Crippen LogP contribution < -0.4 is 19.5 Å². The molecule has 6 heteroatoms. The van der Waals surface area contributed by atoms with Gasteiger partial charge in [-0.2, -0.15) is 0 Å². The Morgan fingerprint density at radius 1 is 1.08 bits per heavy atom. The maximum Gasteiger partial charge on any atom is 0.244 e. The van der Waals surface area contributed by atoms with Crippen LogP contribution in [0.3, 0.4) is 0 Å². The number of methoxy groups -OCH3 is 3. The molecule has 1 N–H and O–H groups in total. The average molecular weight is 362 g/mol. The summed E-state index contributed by atoms with van der Waals surface area (Å²) in [6, 6.07) is 10.9. The summed E-state index contributed by atoms with van der Waals surface area (Å²) < 4.78 is 15.9. The number of hydrogen-bond acceptors (Lipinski definition) is 4. The van der Waals surface area contributed by atoms with E-state index < -0.39 is 0 Å². The van der Waals surface area contributed by atoms with Crippen LogP contribution in [0, 0.1) is 0 Å². The number of amides is 1. The molecule has 1 amide bonds. The Bertz CT molecular complexity index is 749. The van der Waals surface area contributed by atoms with E-state index in [1.807, 2.05) is 18.2 Å². The number of rotatable bonds is 7. The normalized spacial score (nSPS) is 10.6. The standard InChI is InChI=1S/C19H20ClNO4/c1-23-16-10-13(11-17(24-2)19(16)25-3)8-9-18(22)21-12-14-6-4-5-7-15(14)20/h4-11H,12H2,1-3H3,(H,21,22). The van der Waals surface area contributed by atoms with Crippen molar-refractivity contribution in [2.24, 2.45) is 0 Å². The average Bonchev–Trinajstić information content (AvgIpc) is 2.64. The van der Waals surface area contributed by atoms with Crippen molar-refractivity contribution < 1.29 is 19.0 Å². The molecule has 0 aliphatic heterocycles. The van der Waals surface area contributed by atoms with Crippen molar-refractivity contribution in [3.8, 4) is 17.2 Å². The SMILES string of the molecule is COc1cc(C=CC(=O)NCc2ccccc2Cl)cc(OC)c1OC. The van der Waals surface area contributed by atoms with Crippen LogP contribution >= 0.6 is 11.6 Å². The highest BCUT2D eigenvalue weighted by molar-refractivity contribution is 6.31. The lowest BCUT2D eigenvalue weighted by Crippen LogP contribution is -2.20. The summed E-state index contributed by atoms with van der Waals surface area (Å²) in [7, 11) is 4.63. The van der Waals surface area contributed by atoms with Crippen LogP contribution in [0.4, 0.5) is 0 Å². The van der Waals surface area contributed by atoms with Gasteiger partial charge in [0, 0.05) is 17.6 Å². The molecule has 2 rings (SSSR count). The highest BCUT2D eigenvalue weighted by Gasteiger charge is 2.12. The first-order chi connectivity index (χ1) is 12.1. The first-order valence-corrected chi connectivity index (χ1v) is 7.96. The summed E-state index contributed by atoms with van der Waals surface area (Å²) in [6.07, 6.45) is 3.12.